The zero-order chi connectivity index (χ0) is 21.8. The topological polar surface area (TPSA) is 76.5 Å². The number of alkyl halides is 3. The van der Waals surface area contributed by atoms with E-state index in [1.54, 1.807) is 0 Å². The highest BCUT2D eigenvalue weighted by Gasteiger charge is 2.37. The second-order valence-electron chi connectivity index (χ2n) is 7.10. The van der Waals surface area contributed by atoms with Crippen molar-refractivity contribution in [1.82, 2.24) is 9.97 Å². The summed E-state index contributed by atoms with van der Waals surface area (Å²) in [5, 5.41) is 12.2. The van der Waals surface area contributed by atoms with Gasteiger partial charge in [0.2, 0.25) is 11.8 Å². The van der Waals surface area contributed by atoms with Gasteiger partial charge in [0.25, 0.3) is 0 Å². The van der Waals surface area contributed by atoms with Crippen LogP contribution in [0.4, 0.5) is 19.1 Å². The highest BCUT2D eigenvalue weighted by molar-refractivity contribution is 5.64. The number of hydrogen-bond donors (Lipinski definition) is 2. The van der Waals surface area contributed by atoms with Gasteiger partial charge in [-0.25, -0.2) is 4.98 Å². The highest BCUT2D eigenvalue weighted by Crippen LogP contribution is 2.36. The van der Waals surface area contributed by atoms with Crippen LogP contribution in [0.1, 0.15) is 16.7 Å². The summed E-state index contributed by atoms with van der Waals surface area (Å²) in [4.78, 5) is 7.70. The second kappa shape index (κ2) is 8.91. The van der Waals surface area contributed by atoms with Crippen LogP contribution in [0.2, 0.25) is 0 Å². The molecule has 0 atom stereocenters. The normalized spacial score (nSPS) is 14.2. The molecule has 9 heteroatoms. The van der Waals surface area contributed by atoms with Crippen LogP contribution in [0.25, 0.3) is 11.1 Å². The summed E-state index contributed by atoms with van der Waals surface area (Å²) in [5.74, 6) is -0.458. The zero-order valence-electron chi connectivity index (χ0n) is 16.4. The minimum absolute atomic E-state index is 0.0254. The lowest BCUT2D eigenvalue weighted by Gasteiger charge is -2.27. The van der Waals surface area contributed by atoms with E-state index in [4.69, 9.17) is 9.47 Å². The first-order valence-electron chi connectivity index (χ1n) is 9.64. The van der Waals surface area contributed by atoms with Gasteiger partial charge in [0, 0.05) is 12.7 Å². The number of nitrogens with one attached hydrogen (secondary N) is 1. The molecule has 0 bridgehead atoms. The van der Waals surface area contributed by atoms with Crippen molar-refractivity contribution in [2.45, 2.75) is 25.4 Å². The first-order chi connectivity index (χ1) is 14.9. The number of aromatic nitrogens is 2. The molecule has 1 aliphatic heterocycles. The minimum Gasteiger partial charge on any atom is -0.469 e. The van der Waals surface area contributed by atoms with E-state index in [2.05, 4.69) is 15.3 Å². The molecular formula is C22H20F3N3O3. The number of anilines is 1. The molecule has 2 N–H and O–H groups in total. The Hall–Kier alpha value is -3.17. The summed E-state index contributed by atoms with van der Waals surface area (Å²) in [5.41, 5.74) is 2.69. The molecule has 0 radical (unpaired) electrons. The third kappa shape index (κ3) is 5.12. The molecule has 0 spiro atoms. The number of rotatable bonds is 7. The maximum atomic E-state index is 13.2. The summed E-state index contributed by atoms with van der Waals surface area (Å²) in [6.07, 6.45) is -4.33. The third-order valence-electron chi connectivity index (χ3n) is 4.79. The van der Waals surface area contributed by atoms with Crippen LogP contribution >= 0.6 is 0 Å². The Bertz CT molecular complexity index is 1040. The smallest absolute Gasteiger partial charge is 0.423 e. The van der Waals surface area contributed by atoms with Crippen LogP contribution in [0, 0.1) is 0 Å². The van der Waals surface area contributed by atoms with E-state index in [9.17, 15) is 18.3 Å². The van der Waals surface area contributed by atoms with Crippen molar-refractivity contribution in [3.63, 3.8) is 0 Å². The average molecular weight is 431 g/mol. The Morgan fingerprint density at radius 3 is 2.48 bits per heavy atom. The predicted octanol–water partition coefficient (Wildman–Crippen LogP) is 4.04. The lowest BCUT2D eigenvalue weighted by atomic mass is 10.0. The summed E-state index contributed by atoms with van der Waals surface area (Å²) in [7, 11) is 0. The molecular weight excluding hydrogens is 411 g/mol. The van der Waals surface area contributed by atoms with Gasteiger partial charge in [-0.2, -0.15) is 18.2 Å². The van der Waals surface area contributed by atoms with Gasteiger partial charge in [0.05, 0.1) is 19.8 Å². The van der Waals surface area contributed by atoms with Gasteiger partial charge < -0.3 is 19.9 Å². The summed E-state index contributed by atoms with van der Waals surface area (Å²) in [6, 6.07) is 15.3. The van der Waals surface area contributed by atoms with E-state index in [1.165, 1.54) is 0 Å². The predicted molar refractivity (Wildman–Crippen MR) is 107 cm³/mol. The van der Waals surface area contributed by atoms with Crippen LogP contribution < -0.4 is 10.1 Å². The van der Waals surface area contributed by atoms with Crippen molar-refractivity contribution in [1.29, 1.82) is 0 Å². The van der Waals surface area contributed by atoms with Crippen LogP contribution in [-0.2, 0) is 24.1 Å². The molecule has 1 saturated heterocycles. The second-order valence-corrected chi connectivity index (χ2v) is 7.10. The monoisotopic (exact) mass is 431 g/mol. The van der Waals surface area contributed by atoms with Gasteiger partial charge >= 0.3 is 6.18 Å². The first kappa shape index (κ1) is 21.1. The lowest BCUT2D eigenvalue weighted by molar-refractivity contribution is -0.142. The summed E-state index contributed by atoms with van der Waals surface area (Å²) < 4.78 is 49.9. The number of aliphatic hydroxyl groups excluding tert-OH is 1. The van der Waals surface area contributed by atoms with Gasteiger partial charge in [-0.3, -0.25) is 0 Å². The van der Waals surface area contributed by atoms with Gasteiger partial charge in [-0.15, -0.1) is 0 Å². The van der Waals surface area contributed by atoms with E-state index in [0.29, 0.717) is 6.54 Å². The van der Waals surface area contributed by atoms with Crippen LogP contribution in [0.5, 0.6) is 5.88 Å². The Kier molecular flexibility index (Phi) is 6.06. The molecule has 2 heterocycles. The molecule has 2 aromatic carbocycles. The average Bonchev–Trinajstić information content (AvgIpc) is 2.74. The Labute approximate surface area is 176 Å². The molecule has 162 valence electrons. The quantitative estimate of drug-likeness (QED) is 0.588. The number of aliphatic hydroxyl groups is 1. The van der Waals surface area contributed by atoms with Crippen LogP contribution in [-0.4, -0.2) is 34.4 Å². The molecule has 4 rings (SSSR count). The fourth-order valence-corrected chi connectivity index (χ4v) is 3.02. The van der Waals surface area contributed by atoms with E-state index in [1.807, 2.05) is 48.5 Å². The molecule has 3 aromatic rings. The summed E-state index contributed by atoms with van der Waals surface area (Å²) >= 11 is 0. The van der Waals surface area contributed by atoms with Gasteiger partial charge in [0.1, 0.15) is 11.7 Å². The molecule has 31 heavy (non-hydrogen) atoms. The number of nitrogens with zero attached hydrogens (tertiary/aromatic N) is 2. The minimum atomic E-state index is -4.61. The molecule has 1 aromatic heterocycles. The van der Waals surface area contributed by atoms with Crippen molar-refractivity contribution >= 4 is 5.95 Å². The number of ether oxygens (including phenoxy) is 2. The lowest BCUT2D eigenvalue weighted by Crippen LogP contribution is -2.39. The molecule has 6 nitrogen and oxygen atoms in total. The zero-order valence-corrected chi connectivity index (χ0v) is 16.4. The van der Waals surface area contributed by atoms with Crippen molar-refractivity contribution in [2.24, 2.45) is 0 Å². The van der Waals surface area contributed by atoms with Crippen molar-refractivity contribution in [3.8, 4) is 17.0 Å². The fraction of sp³-hybridized carbons (Fsp3) is 0.273. The largest absolute Gasteiger partial charge is 0.469 e. The first-order valence-corrected chi connectivity index (χ1v) is 9.64. The van der Waals surface area contributed by atoms with E-state index in [-0.39, 0.29) is 25.8 Å². The molecule has 0 saturated carbocycles. The molecule has 1 fully saturated rings. The van der Waals surface area contributed by atoms with E-state index >= 15 is 0 Å². The van der Waals surface area contributed by atoms with E-state index in [0.717, 1.165) is 28.5 Å². The SMILES string of the molecule is OCc1cccc(-c2ccc(CNc3ncc(C(F)(F)F)c(OC4COC4)n3)cc2)c1. The highest BCUT2D eigenvalue weighted by atomic mass is 19.4. The molecule has 0 aliphatic carbocycles. The molecule has 0 unspecified atom stereocenters. The van der Waals surface area contributed by atoms with Gasteiger partial charge in [-0.1, -0.05) is 42.5 Å². The number of hydrogen-bond acceptors (Lipinski definition) is 6. The van der Waals surface area contributed by atoms with Crippen LogP contribution in [0.15, 0.2) is 54.7 Å². The number of benzene rings is 2. The Morgan fingerprint density at radius 1 is 1.06 bits per heavy atom. The molecule has 1 aliphatic rings. The standard InChI is InChI=1S/C22H20F3N3O3/c23-22(24,25)19-10-27-21(28-20(19)31-18-12-30-13-18)26-9-14-4-6-16(7-5-14)17-3-1-2-15(8-17)11-29/h1-8,10,18,29H,9,11-13H2,(H,26,27,28). The van der Waals surface area contributed by atoms with Crippen LogP contribution in [0.3, 0.4) is 0 Å². The summed E-state index contributed by atoms with van der Waals surface area (Å²) in [6.45, 7) is 0.770. The third-order valence-corrected chi connectivity index (χ3v) is 4.79. The van der Waals surface area contributed by atoms with Crippen molar-refractivity contribution in [2.75, 3.05) is 18.5 Å². The van der Waals surface area contributed by atoms with E-state index < -0.39 is 23.7 Å². The fourth-order valence-electron chi connectivity index (χ4n) is 3.02. The van der Waals surface area contributed by atoms with Crippen molar-refractivity contribution in [3.05, 3.63) is 71.4 Å². The Balaban J connectivity index is 1.45. The van der Waals surface area contributed by atoms with Gasteiger partial charge in [-0.05, 0) is 28.3 Å². The maximum Gasteiger partial charge on any atom is 0.423 e. The van der Waals surface area contributed by atoms with Crippen molar-refractivity contribution < 1.29 is 27.8 Å². The maximum absolute atomic E-state index is 13.2. The number of halogens is 3. The van der Waals surface area contributed by atoms with Gasteiger partial charge in [0.15, 0.2) is 0 Å². The molecule has 0 amide bonds. The Morgan fingerprint density at radius 2 is 1.84 bits per heavy atom.